The van der Waals surface area contributed by atoms with Gasteiger partial charge in [-0.05, 0) is 6.92 Å². The highest BCUT2D eigenvalue weighted by Gasteiger charge is 3.21. The van der Waals surface area contributed by atoms with Gasteiger partial charge in [0.05, 0.1) is 6.07 Å². The lowest BCUT2D eigenvalue weighted by Crippen LogP contribution is -3.07. The van der Waals surface area contributed by atoms with Crippen LogP contribution in [0.15, 0.2) is 0 Å². The maximum absolute atomic E-state index is 14.8. The smallest absolute Gasteiger partial charge is 0.228 e. The SMILES string of the molecule is CC1(C#N)C2(F)C(F)(F)C3(F)C(F)(F)C(F)(C2(F)F)C(F)(F)C1(F)C3(F)F. The predicted molar refractivity (Wildman–Crippen MR) is 53.8 cm³/mol. The third kappa shape index (κ3) is 1.04. The van der Waals surface area contributed by atoms with Gasteiger partial charge in [0.15, 0.2) is 0 Å². The van der Waals surface area contributed by atoms with E-state index in [4.69, 9.17) is 5.26 Å². The van der Waals surface area contributed by atoms with Gasteiger partial charge < -0.3 is 0 Å². The van der Waals surface area contributed by atoms with Gasteiger partial charge in [-0.2, -0.15) is 49.2 Å². The molecule has 0 unspecified atom stereocenters. The Hall–Kier alpha value is -1.49. The highest BCUT2D eigenvalue weighted by Crippen LogP contribution is 2.89. The number of rotatable bonds is 0. The molecule has 15 heteroatoms. The Morgan fingerprint density at radius 2 is 0.630 bits per heavy atom. The minimum Gasteiger partial charge on any atom is -0.228 e. The van der Waals surface area contributed by atoms with Crippen LogP contribution in [0.25, 0.3) is 0 Å². The summed E-state index contributed by atoms with van der Waals surface area (Å²) in [5.74, 6) is -37.2. The number of alkyl halides is 14. The second-order valence-corrected chi connectivity index (χ2v) is 6.74. The zero-order valence-corrected chi connectivity index (χ0v) is 12.2. The highest BCUT2D eigenvalue weighted by molar-refractivity contribution is 5.56. The number of nitrogens with zero attached hydrogens (tertiary/aromatic N) is 1. The zero-order chi connectivity index (χ0) is 21.7. The summed E-state index contributed by atoms with van der Waals surface area (Å²) in [6, 6.07) is -0.259. The van der Waals surface area contributed by atoms with Gasteiger partial charge in [-0.15, -0.1) is 0 Å². The molecule has 0 aromatic carbocycles. The summed E-state index contributed by atoms with van der Waals surface area (Å²) < 4.78 is 199. The molecule has 0 aromatic rings. The molecule has 4 rings (SSSR count). The van der Waals surface area contributed by atoms with Gasteiger partial charge in [-0.1, -0.05) is 0 Å². The minimum absolute atomic E-state index is 0.259. The maximum Gasteiger partial charge on any atom is 0.339 e. The van der Waals surface area contributed by atoms with Crippen LogP contribution in [0.4, 0.5) is 61.5 Å². The second-order valence-electron chi connectivity index (χ2n) is 6.74. The van der Waals surface area contributed by atoms with Crippen LogP contribution in [0.1, 0.15) is 6.92 Å². The van der Waals surface area contributed by atoms with E-state index >= 15 is 0 Å². The van der Waals surface area contributed by atoms with Crippen LogP contribution >= 0.6 is 0 Å². The van der Waals surface area contributed by atoms with E-state index in [0.29, 0.717) is 0 Å². The van der Waals surface area contributed by atoms with E-state index in [1.807, 2.05) is 0 Å². The molecule has 0 amide bonds. The second kappa shape index (κ2) is 3.83. The first-order valence-electron chi connectivity index (χ1n) is 6.62. The van der Waals surface area contributed by atoms with Crippen LogP contribution in [0, 0.1) is 16.7 Å². The number of nitriles is 1. The van der Waals surface area contributed by atoms with Gasteiger partial charge in [-0.3, -0.25) is 0 Å². The van der Waals surface area contributed by atoms with Gasteiger partial charge in [0.1, 0.15) is 5.41 Å². The molecule has 0 aromatic heterocycles. The molecule has 0 heterocycles. The van der Waals surface area contributed by atoms with Crippen LogP contribution in [0.3, 0.4) is 0 Å². The molecule has 4 aliphatic carbocycles. The summed E-state index contributed by atoms with van der Waals surface area (Å²) in [6.45, 7) is -0.931. The average molecular weight is 427 g/mol. The van der Waals surface area contributed by atoms with Crippen molar-refractivity contribution in [3.05, 3.63) is 0 Å². The summed E-state index contributed by atoms with van der Waals surface area (Å²) >= 11 is 0. The van der Waals surface area contributed by atoms with E-state index in [-0.39, 0.29) is 6.07 Å². The topological polar surface area (TPSA) is 23.8 Å². The number of hydrogen-bond donors (Lipinski definition) is 0. The highest BCUT2D eigenvalue weighted by atomic mass is 19.3. The number of halogens is 14. The fourth-order valence-electron chi connectivity index (χ4n) is 4.41. The molecule has 0 atom stereocenters. The Labute approximate surface area is 138 Å². The molecule has 154 valence electrons. The first-order chi connectivity index (χ1) is 11.6. The minimum atomic E-state index is -7.69. The van der Waals surface area contributed by atoms with Gasteiger partial charge in [0, 0.05) is 0 Å². The van der Waals surface area contributed by atoms with Crippen molar-refractivity contribution in [3.8, 4) is 6.07 Å². The Morgan fingerprint density at radius 1 is 0.444 bits per heavy atom. The lowest BCUT2D eigenvalue weighted by molar-refractivity contribution is -0.590. The largest absolute Gasteiger partial charge is 0.339 e. The lowest BCUT2D eigenvalue weighted by atomic mass is 9.34. The molecule has 4 aliphatic rings. The van der Waals surface area contributed by atoms with Crippen LogP contribution < -0.4 is 0 Å². The Kier molecular flexibility index (Phi) is 2.87. The van der Waals surface area contributed by atoms with Gasteiger partial charge in [-0.25, -0.2) is 17.6 Å². The van der Waals surface area contributed by atoms with Gasteiger partial charge in [0.2, 0.25) is 0 Å². The van der Waals surface area contributed by atoms with E-state index in [1.165, 1.54) is 0 Å². The third-order valence-electron chi connectivity index (χ3n) is 5.93. The van der Waals surface area contributed by atoms with Crippen molar-refractivity contribution in [2.75, 3.05) is 0 Å². The molecule has 0 N–H and O–H groups in total. The molecule has 4 saturated carbocycles. The molecular formula is C12H3F14N. The summed E-state index contributed by atoms with van der Waals surface area (Å²) in [6.07, 6.45) is 0. The third-order valence-corrected chi connectivity index (χ3v) is 5.93. The van der Waals surface area contributed by atoms with Crippen molar-refractivity contribution in [3.63, 3.8) is 0 Å². The standard InChI is InChI=1S/C12H3F14N/c1-3(2-27)4(13)8(17,18)6(15)10(21,22)5(3,14)11(23,24)7(16,9(4,19)20)12(6,25)26/h1H3. The Bertz CT molecular complexity index is 704. The summed E-state index contributed by atoms with van der Waals surface area (Å²) in [4.78, 5) is 0. The molecule has 0 radical (unpaired) electrons. The van der Waals surface area contributed by atoms with Crippen molar-refractivity contribution in [2.45, 2.75) is 59.2 Å². The van der Waals surface area contributed by atoms with Gasteiger partial charge >= 0.3 is 41.0 Å². The Balaban J connectivity index is 2.75. The predicted octanol–water partition coefficient (Wildman–Crippen LogP) is 4.57. The lowest BCUT2D eigenvalue weighted by Gasteiger charge is -2.75. The van der Waals surface area contributed by atoms with E-state index in [0.717, 1.165) is 0 Å². The molecule has 0 saturated heterocycles. The molecule has 0 spiro atoms. The molecule has 0 aliphatic heterocycles. The fraction of sp³-hybridized carbons (Fsp3) is 0.917. The molecule has 27 heavy (non-hydrogen) atoms. The normalized spacial score (nSPS) is 55.2. The van der Waals surface area contributed by atoms with Crippen molar-refractivity contribution in [1.29, 1.82) is 5.26 Å². The van der Waals surface area contributed by atoms with E-state index in [2.05, 4.69) is 0 Å². The Morgan fingerprint density at radius 3 is 0.815 bits per heavy atom. The summed E-state index contributed by atoms with van der Waals surface area (Å²) in [7, 11) is 0. The first-order valence-corrected chi connectivity index (χ1v) is 6.62. The quantitative estimate of drug-likeness (QED) is 0.520. The zero-order valence-electron chi connectivity index (χ0n) is 12.2. The first kappa shape index (κ1) is 20.2. The summed E-state index contributed by atoms with van der Waals surface area (Å²) in [5, 5.41) is 8.62. The van der Waals surface area contributed by atoms with Crippen molar-refractivity contribution in [2.24, 2.45) is 5.41 Å². The molecule has 4 bridgehead atoms. The van der Waals surface area contributed by atoms with Crippen molar-refractivity contribution >= 4 is 0 Å². The average Bonchev–Trinajstić information content (AvgIpc) is 2.53. The molecule has 1 nitrogen and oxygen atoms in total. The molecule has 4 fully saturated rings. The van der Waals surface area contributed by atoms with Crippen LogP contribution in [0.2, 0.25) is 0 Å². The van der Waals surface area contributed by atoms with Crippen LogP contribution in [-0.2, 0) is 0 Å². The van der Waals surface area contributed by atoms with Crippen molar-refractivity contribution < 1.29 is 61.5 Å². The van der Waals surface area contributed by atoms with E-state index in [9.17, 15) is 61.5 Å². The van der Waals surface area contributed by atoms with Crippen LogP contribution in [0.5, 0.6) is 0 Å². The number of hydrogen-bond acceptors (Lipinski definition) is 1. The summed E-state index contributed by atoms with van der Waals surface area (Å²) in [5.41, 5.74) is -34.2. The van der Waals surface area contributed by atoms with Crippen LogP contribution in [-0.4, -0.2) is 52.3 Å². The van der Waals surface area contributed by atoms with Crippen molar-refractivity contribution in [1.82, 2.24) is 0 Å². The van der Waals surface area contributed by atoms with E-state index < -0.39 is 64.6 Å². The van der Waals surface area contributed by atoms with Gasteiger partial charge in [0.25, 0.3) is 11.3 Å². The van der Waals surface area contributed by atoms with E-state index in [1.54, 1.807) is 0 Å². The molecular weight excluding hydrogens is 424 g/mol. The maximum atomic E-state index is 14.8. The fourth-order valence-corrected chi connectivity index (χ4v) is 4.41. The monoisotopic (exact) mass is 427 g/mol.